The van der Waals surface area contributed by atoms with Gasteiger partial charge in [-0.15, -0.1) is 0 Å². The summed E-state index contributed by atoms with van der Waals surface area (Å²) in [4.78, 5) is 11.4. The molecular weight excluding hydrogens is 199 g/mol. The Morgan fingerprint density at radius 1 is 1.86 bits per heavy atom. The van der Waals surface area contributed by atoms with Crippen LogP contribution in [0, 0.1) is 0 Å². The van der Waals surface area contributed by atoms with E-state index in [0.29, 0.717) is 0 Å². The zero-order chi connectivity index (χ0) is 6.28. The Bertz CT molecular complexity index is 60.7. The van der Waals surface area contributed by atoms with Crippen molar-refractivity contribution in [2.75, 3.05) is 0 Å². The molecule has 40 valence electrons. The Hall–Kier alpha value is 0.00870. The summed E-state index contributed by atoms with van der Waals surface area (Å²) in [5.74, 6) is -0.981. The molecule has 0 rings (SSSR count). The molecule has 0 fully saturated rings. The molecule has 0 heterocycles. The Morgan fingerprint density at radius 3 is 2.00 bits per heavy atom. The third kappa shape index (κ3) is 23.9. The number of carboxylic acids is 1. The summed E-state index contributed by atoms with van der Waals surface area (Å²) >= 11 is 1.35. The number of hydrogen-bond donors (Lipinski definition) is 1. The number of carboxylic acid groups (broad SMARTS) is 1. The first kappa shape index (κ1) is 10.1. The molecule has 0 amide bonds. The van der Waals surface area contributed by atoms with E-state index in [-0.39, 0.29) is 0 Å². The SMILES string of the molecule is C=CC(=O)O.[CH3][SnH]. The quantitative estimate of drug-likeness (QED) is 0.492. The fraction of sp³-hybridized carbons (Fsp3) is 0.250. The molecule has 3 heteroatoms. The Morgan fingerprint density at radius 2 is 2.00 bits per heavy atom. The molecule has 7 heavy (non-hydrogen) atoms. The van der Waals surface area contributed by atoms with Gasteiger partial charge in [-0.3, -0.25) is 0 Å². The van der Waals surface area contributed by atoms with E-state index in [9.17, 15) is 4.79 Å². The van der Waals surface area contributed by atoms with Crippen molar-refractivity contribution < 1.29 is 9.90 Å². The number of aliphatic carboxylic acids is 1. The molecule has 0 unspecified atom stereocenters. The van der Waals surface area contributed by atoms with E-state index < -0.39 is 5.97 Å². The van der Waals surface area contributed by atoms with Gasteiger partial charge < -0.3 is 5.11 Å². The first-order valence-electron chi connectivity index (χ1n) is 1.70. The third-order valence-corrected chi connectivity index (χ3v) is 0.175. The van der Waals surface area contributed by atoms with Gasteiger partial charge in [0.1, 0.15) is 0 Å². The second-order valence-electron chi connectivity index (χ2n) is 0.542. The first-order chi connectivity index (χ1) is 3.27. The summed E-state index contributed by atoms with van der Waals surface area (Å²) in [5.41, 5.74) is 0. The average Bonchev–Trinajstić information content (AvgIpc) is 1.73. The summed E-state index contributed by atoms with van der Waals surface area (Å²) < 4.78 is 0. The summed E-state index contributed by atoms with van der Waals surface area (Å²) in [5, 5.41) is 7.60. The molecule has 0 bridgehead atoms. The van der Waals surface area contributed by atoms with Crippen molar-refractivity contribution in [1.82, 2.24) is 0 Å². The van der Waals surface area contributed by atoms with E-state index in [4.69, 9.17) is 5.11 Å². The first-order valence-corrected chi connectivity index (χ1v) is 5.00. The van der Waals surface area contributed by atoms with Crippen LogP contribution in [0.2, 0.25) is 4.94 Å². The Kier molecular flexibility index (Phi) is 13.5. The van der Waals surface area contributed by atoms with Crippen LogP contribution in [0.3, 0.4) is 0 Å². The Balaban J connectivity index is 0. The molecule has 1 N–H and O–H groups in total. The van der Waals surface area contributed by atoms with Gasteiger partial charge in [0.15, 0.2) is 0 Å². The van der Waals surface area contributed by atoms with Crippen LogP contribution in [0.25, 0.3) is 0 Å². The van der Waals surface area contributed by atoms with Crippen LogP contribution in [-0.4, -0.2) is 33.6 Å². The summed E-state index contributed by atoms with van der Waals surface area (Å²) in [6.07, 6.45) is 0.833. The minimum atomic E-state index is -0.981. The standard InChI is InChI=1S/C3H4O2.CH3.Sn.H/c1-2-3(4)5;;;/h2H,1H2,(H,4,5);1H3;;. The normalized spacial score (nSPS) is 5.43. The van der Waals surface area contributed by atoms with Gasteiger partial charge in [0.25, 0.3) is 0 Å². The molecular formula is C4H8O2Sn. The van der Waals surface area contributed by atoms with Crippen LogP contribution in [0.1, 0.15) is 0 Å². The zero-order valence-corrected chi connectivity index (χ0v) is 7.51. The predicted octanol–water partition coefficient (Wildman–Crippen LogP) is 0.192. The van der Waals surface area contributed by atoms with E-state index in [1.807, 2.05) is 0 Å². The predicted molar refractivity (Wildman–Crippen MR) is 30.8 cm³/mol. The van der Waals surface area contributed by atoms with E-state index in [1.54, 1.807) is 0 Å². The number of hydrogen-bond acceptors (Lipinski definition) is 1. The molecule has 0 saturated heterocycles. The van der Waals surface area contributed by atoms with Gasteiger partial charge in [-0.1, -0.05) is 6.58 Å². The van der Waals surface area contributed by atoms with Crippen molar-refractivity contribution in [3.63, 3.8) is 0 Å². The third-order valence-electron chi connectivity index (χ3n) is 0.175. The molecule has 0 aliphatic rings. The number of rotatable bonds is 1. The molecule has 0 aromatic heterocycles. The topological polar surface area (TPSA) is 37.3 Å². The fourth-order valence-corrected chi connectivity index (χ4v) is 0. The van der Waals surface area contributed by atoms with E-state index in [1.165, 1.54) is 22.5 Å². The summed E-state index contributed by atoms with van der Waals surface area (Å²) in [6.45, 7) is 2.96. The fourth-order valence-electron chi connectivity index (χ4n) is 0. The van der Waals surface area contributed by atoms with Crippen molar-refractivity contribution in [3.05, 3.63) is 12.7 Å². The van der Waals surface area contributed by atoms with Crippen LogP contribution >= 0.6 is 0 Å². The van der Waals surface area contributed by atoms with Crippen molar-refractivity contribution in [2.24, 2.45) is 0 Å². The van der Waals surface area contributed by atoms with Gasteiger partial charge in [-0.05, 0) is 0 Å². The average molecular weight is 207 g/mol. The molecule has 2 radical (unpaired) electrons. The van der Waals surface area contributed by atoms with E-state index in [2.05, 4.69) is 11.5 Å². The van der Waals surface area contributed by atoms with Crippen molar-refractivity contribution in [2.45, 2.75) is 4.94 Å². The molecule has 0 aliphatic carbocycles. The minimum absolute atomic E-state index is 0.833. The van der Waals surface area contributed by atoms with Crippen LogP contribution in [0.5, 0.6) is 0 Å². The molecule has 0 saturated carbocycles. The van der Waals surface area contributed by atoms with Gasteiger partial charge in [0.05, 0.1) is 0 Å². The van der Waals surface area contributed by atoms with Crippen LogP contribution in [-0.2, 0) is 4.79 Å². The second kappa shape index (κ2) is 9.38. The maximum absolute atomic E-state index is 9.25. The van der Waals surface area contributed by atoms with Crippen LogP contribution in [0.15, 0.2) is 12.7 Å². The zero-order valence-electron chi connectivity index (χ0n) is 4.22. The molecule has 0 aliphatic heterocycles. The maximum atomic E-state index is 9.25. The van der Waals surface area contributed by atoms with Gasteiger partial charge in [-0.25, -0.2) is 4.79 Å². The van der Waals surface area contributed by atoms with Gasteiger partial charge in [0.2, 0.25) is 0 Å². The van der Waals surface area contributed by atoms with Crippen LogP contribution in [0.4, 0.5) is 0 Å². The monoisotopic (exact) mass is 208 g/mol. The molecule has 0 spiro atoms. The molecule has 2 nitrogen and oxygen atoms in total. The summed E-state index contributed by atoms with van der Waals surface area (Å²) in [6, 6.07) is 0. The Labute approximate surface area is 56.3 Å². The van der Waals surface area contributed by atoms with E-state index in [0.717, 1.165) is 6.08 Å². The molecule has 0 aromatic carbocycles. The molecule has 0 atom stereocenters. The molecule has 0 aromatic rings. The van der Waals surface area contributed by atoms with Crippen molar-refractivity contribution >= 4 is 28.5 Å². The van der Waals surface area contributed by atoms with Crippen molar-refractivity contribution in [3.8, 4) is 0 Å². The van der Waals surface area contributed by atoms with Gasteiger partial charge in [0, 0.05) is 6.08 Å². The van der Waals surface area contributed by atoms with Gasteiger partial charge in [-0.2, -0.15) is 0 Å². The second-order valence-corrected chi connectivity index (χ2v) is 0.542. The summed E-state index contributed by atoms with van der Waals surface area (Å²) in [7, 11) is 0. The van der Waals surface area contributed by atoms with Gasteiger partial charge >= 0.3 is 33.4 Å². The van der Waals surface area contributed by atoms with Crippen LogP contribution < -0.4 is 0 Å². The number of carbonyl (C=O) groups is 1. The van der Waals surface area contributed by atoms with E-state index >= 15 is 0 Å². The van der Waals surface area contributed by atoms with Crippen molar-refractivity contribution in [1.29, 1.82) is 0 Å².